The van der Waals surface area contributed by atoms with Gasteiger partial charge in [0.05, 0.1) is 25.4 Å². The Balaban J connectivity index is 1.34. The van der Waals surface area contributed by atoms with E-state index in [9.17, 15) is 4.79 Å². The summed E-state index contributed by atoms with van der Waals surface area (Å²) >= 11 is 1.34. The minimum absolute atomic E-state index is 0.0142. The number of amidine groups is 2. The van der Waals surface area contributed by atoms with Crippen LogP contribution in [0.4, 0.5) is 0 Å². The molecule has 10 heteroatoms. The Morgan fingerprint density at radius 2 is 1.76 bits per heavy atom. The third-order valence-corrected chi connectivity index (χ3v) is 6.23. The molecule has 4 rings (SSSR count). The van der Waals surface area contributed by atoms with E-state index in [2.05, 4.69) is 17.0 Å². The molecule has 0 bridgehead atoms. The van der Waals surface area contributed by atoms with Gasteiger partial charge in [-0.05, 0) is 67.4 Å². The summed E-state index contributed by atoms with van der Waals surface area (Å²) in [6.45, 7) is 6.05. The van der Waals surface area contributed by atoms with Gasteiger partial charge < -0.3 is 18.9 Å². The highest BCUT2D eigenvalue weighted by Crippen LogP contribution is 2.32. The SMILES string of the molecule is CCCC1=NN2C(=N)C(=Cc3ccc(OCCOCCOc4ccccc4)c(OCC)c3)C(=O)N=C2S1. The number of ether oxygens (including phenoxy) is 4. The molecule has 0 saturated carbocycles. The summed E-state index contributed by atoms with van der Waals surface area (Å²) in [5, 5.41) is 15.7. The van der Waals surface area contributed by atoms with Gasteiger partial charge in [0.1, 0.15) is 24.0 Å². The number of amides is 1. The minimum atomic E-state index is -0.455. The molecule has 0 atom stereocenters. The Morgan fingerprint density at radius 1 is 0.973 bits per heavy atom. The predicted molar refractivity (Wildman–Crippen MR) is 146 cm³/mol. The van der Waals surface area contributed by atoms with Crippen molar-refractivity contribution in [3.05, 3.63) is 59.7 Å². The van der Waals surface area contributed by atoms with Crippen LogP contribution in [0.3, 0.4) is 0 Å². The monoisotopic (exact) mass is 522 g/mol. The van der Waals surface area contributed by atoms with E-state index >= 15 is 0 Å². The van der Waals surface area contributed by atoms with E-state index in [0.29, 0.717) is 55.3 Å². The largest absolute Gasteiger partial charge is 0.491 e. The van der Waals surface area contributed by atoms with Crippen molar-refractivity contribution in [2.45, 2.75) is 26.7 Å². The number of aliphatic imine (C=N–C) groups is 1. The number of hydrogen-bond donors (Lipinski definition) is 1. The zero-order valence-corrected chi connectivity index (χ0v) is 21.8. The van der Waals surface area contributed by atoms with Crippen LogP contribution in [0.2, 0.25) is 0 Å². The Kier molecular flexibility index (Phi) is 9.34. The second kappa shape index (κ2) is 13.1. The van der Waals surface area contributed by atoms with Crippen molar-refractivity contribution in [2.75, 3.05) is 33.0 Å². The Hall–Kier alpha value is -3.63. The maximum absolute atomic E-state index is 12.7. The number of para-hydroxylation sites is 1. The number of carbonyl (C=O) groups is 1. The van der Waals surface area contributed by atoms with Crippen molar-refractivity contribution in [1.29, 1.82) is 5.41 Å². The number of nitrogens with one attached hydrogen (secondary N) is 1. The molecule has 0 aliphatic carbocycles. The smallest absolute Gasteiger partial charge is 0.283 e. The fourth-order valence-corrected chi connectivity index (χ4v) is 4.55. The van der Waals surface area contributed by atoms with Gasteiger partial charge in [0, 0.05) is 0 Å². The Bertz CT molecular complexity index is 1210. The summed E-state index contributed by atoms with van der Waals surface area (Å²) < 4.78 is 22.8. The quantitative estimate of drug-likeness (QED) is 0.292. The number of carbonyl (C=O) groups excluding carboxylic acids is 1. The highest BCUT2D eigenvalue weighted by molar-refractivity contribution is 8.26. The first-order chi connectivity index (χ1) is 18.1. The lowest BCUT2D eigenvalue weighted by molar-refractivity contribution is -0.114. The Morgan fingerprint density at radius 3 is 2.51 bits per heavy atom. The van der Waals surface area contributed by atoms with Crippen molar-refractivity contribution >= 4 is 39.8 Å². The lowest BCUT2D eigenvalue weighted by Gasteiger charge is -2.20. The predicted octanol–water partition coefficient (Wildman–Crippen LogP) is 4.98. The third kappa shape index (κ3) is 6.99. The lowest BCUT2D eigenvalue weighted by Crippen LogP contribution is -2.35. The van der Waals surface area contributed by atoms with Crippen molar-refractivity contribution in [2.24, 2.45) is 10.1 Å². The molecule has 2 heterocycles. The zero-order valence-electron chi connectivity index (χ0n) is 20.9. The van der Waals surface area contributed by atoms with Crippen molar-refractivity contribution in [3.8, 4) is 17.2 Å². The molecule has 0 unspecified atom stereocenters. The molecule has 2 aromatic rings. The van der Waals surface area contributed by atoms with Crippen LogP contribution in [0.15, 0.2) is 64.2 Å². The minimum Gasteiger partial charge on any atom is -0.491 e. The lowest BCUT2D eigenvalue weighted by atomic mass is 10.1. The molecule has 0 fully saturated rings. The fourth-order valence-electron chi connectivity index (χ4n) is 3.56. The van der Waals surface area contributed by atoms with Crippen LogP contribution in [0.5, 0.6) is 17.2 Å². The normalized spacial score (nSPS) is 15.9. The first kappa shape index (κ1) is 26.4. The summed E-state index contributed by atoms with van der Waals surface area (Å²) in [6, 6.07) is 15.0. The average molecular weight is 523 g/mol. The van der Waals surface area contributed by atoms with Crippen molar-refractivity contribution < 1.29 is 23.7 Å². The number of fused-ring (bicyclic) bond motifs is 1. The molecule has 1 N–H and O–H groups in total. The van der Waals surface area contributed by atoms with Crippen molar-refractivity contribution in [1.82, 2.24) is 5.01 Å². The van der Waals surface area contributed by atoms with E-state index in [1.165, 1.54) is 16.8 Å². The third-order valence-electron chi connectivity index (χ3n) is 5.26. The number of hydrogen-bond acceptors (Lipinski definition) is 8. The molecule has 2 aliphatic heterocycles. The molecule has 0 spiro atoms. The standard InChI is InChI=1S/C27H30N4O5S/c1-3-8-24-30-31-25(28)21(26(32)29-27(31)37-24)17-19-11-12-22(23(18-19)34-4-2)36-16-14-33-13-15-35-20-9-6-5-7-10-20/h5-7,9-12,17-18,28H,3-4,8,13-16H2,1-2H3. The van der Waals surface area contributed by atoms with Gasteiger partial charge in [-0.1, -0.05) is 31.2 Å². The van der Waals surface area contributed by atoms with Crippen molar-refractivity contribution in [3.63, 3.8) is 0 Å². The van der Waals surface area contributed by atoms with E-state index < -0.39 is 5.91 Å². The molecule has 37 heavy (non-hydrogen) atoms. The highest BCUT2D eigenvalue weighted by atomic mass is 32.2. The fraction of sp³-hybridized carbons (Fsp3) is 0.333. The van der Waals surface area contributed by atoms with Gasteiger partial charge in [-0.3, -0.25) is 10.2 Å². The molecule has 0 aromatic heterocycles. The number of thioether (sulfide) groups is 1. The number of hydrazone groups is 1. The molecule has 0 saturated heterocycles. The van der Waals surface area contributed by atoms with Gasteiger partial charge in [0.15, 0.2) is 17.3 Å². The summed E-state index contributed by atoms with van der Waals surface area (Å²) in [4.78, 5) is 16.8. The highest BCUT2D eigenvalue weighted by Gasteiger charge is 2.35. The Labute approximate surface area is 220 Å². The van der Waals surface area contributed by atoms with Crippen LogP contribution in [0.1, 0.15) is 32.3 Å². The molecular formula is C27H30N4O5S. The van der Waals surface area contributed by atoms with Crippen LogP contribution in [-0.4, -0.2) is 60.0 Å². The summed E-state index contributed by atoms with van der Waals surface area (Å²) in [5.74, 6) is 1.49. The summed E-state index contributed by atoms with van der Waals surface area (Å²) in [5.41, 5.74) is 0.870. The van der Waals surface area contributed by atoms with Crippen LogP contribution in [0, 0.1) is 5.41 Å². The molecule has 0 radical (unpaired) electrons. The molecule has 2 aromatic carbocycles. The first-order valence-corrected chi connectivity index (χ1v) is 13.0. The van der Waals surface area contributed by atoms with Crippen LogP contribution in [0.25, 0.3) is 6.08 Å². The zero-order chi connectivity index (χ0) is 26.0. The summed E-state index contributed by atoms with van der Waals surface area (Å²) in [7, 11) is 0. The van der Waals surface area contributed by atoms with Gasteiger partial charge in [0.25, 0.3) is 5.91 Å². The number of nitrogens with zero attached hydrogens (tertiary/aromatic N) is 3. The summed E-state index contributed by atoms with van der Waals surface area (Å²) in [6.07, 6.45) is 3.35. The van der Waals surface area contributed by atoms with Gasteiger partial charge in [-0.2, -0.15) is 15.1 Å². The van der Waals surface area contributed by atoms with E-state index in [4.69, 9.17) is 24.4 Å². The molecule has 9 nitrogen and oxygen atoms in total. The molecular weight excluding hydrogens is 492 g/mol. The number of benzene rings is 2. The molecule has 1 amide bonds. The van der Waals surface area contributed by atoms with Crippen LogP contribution in [-0.2, 0) is 9.53 Å². The van der Waals surface area contributed by atoms with Gasteiger partial charge >= 0.3 is 0 Å². The number of rotatable bonds is 13. The van der Waals surface area contributed by atoms with Gasteiger partial charge in [0.2, 0.25) is 5.17 Å². The van der Waals surface area contributed by atoms with Gasteiger partial charge in [-0.25, -0.2) is 0 Å². The molecule has 194 valence electrons. The maximum atomic E-state index is 12.7. The van der Waals surface area contributed by atoms with Crippen LogP contribution < -0.4 is 14.2 Å². The van der Waals surface area contributed by atoms with E-state index in [-0.39, 0.29) is 11.4 Å². The van der Waals surface area contributed by atoms with E-state index in [0.717, 1.165) is 23.6 Å². The van der Waals surface area contributed by atoms with Gasteiger partial charge in [-0.15, -0.1) is 0 Å². The second-order valence-corrected chi connectivity index (χ2v) is 9.07. The van der Waals surface area contributed by atoms with E-state index in [1.807, 2.05) is 43.3 Å². The second-order valence-electron chi connectivity index (χ2n) is 8.03. The average Bonchev–Trinajstić information content (AvgIpc) is 3.30. The maximum Gasteiger partial charge on any atom is 0.283 e. The topological polar surface area (TPSA) is 106 Å². The molecule has 2 aliphatic rings. The van der Waals surface area contributed by atoms with E-state index in [1.54, 1.807) is 18.2 Å². The first-order valence-electron chi connectivity index (χ1n) is 12.2. The van der Waals surface area contributed by atoms with Crippen LogP contribution >= 0.6 is 11.8 Å².